The average Bonchev–Trinajstić information content (AvgIpc) is 3.73. The van der Waals surface area contributed by atoms with E-state index in [0.29, 0.717) is 47.8 Å². The third kappa shape index (κ3) is 6.67. The number of phenols is 1. The molecule has 0 unspecified atom stereocenters. The van der Waals surface area contributed by atoms with E-state index in [0.717, 1.165) is 91.6 Å². The predicted molar refractivity (Wildman–Crippen MR) is 225 cm³/mol. The third-order valence-corrected chi connectivity index (χ3v) is 14.4. The van der Waals surface area contributed by atoms with Gasteiger partial charge in [0.05, 0.1) is 11.0 Å². The number of aliphatic hydroxyl groups excluding tert-OH is 1. The van der Waals surface area contributed by atoms with Crippen molar-refractivity contribution in [3.8, 4) is 16.9 Å². The lowest BCUT2D eigenvalue weighted by molar-refractivity contribution is -0.135. The number of cyclic esters (lactones) is 2. The number of hydrogen-bond acceptors (Lipinski definition) is 8. The summed E-state index contributed by atoms with van der Waals surface area (Å²) in [7, 11) is 1.94. The largest absolute Gasteiger partial charge is 0.508 e. The van der Waals surface area contributed by atoms with Gasteiger partial charge in [0.2, 0.25) is 0 Å². The first-order chi connectivity index (χ1) is 28.3. The van der Waals surface area contributed by atoms with Crippen LogP contribution in [0.3, 0.4) is 0 Å². The summed E-state index contributed by atoms with van der Waals surface area (Å²) in [6.45, 7) is 4.92. The van der Waals surface area contributed by atoms with Gasteiger partial charge in [0.1, 0.15) is 17.3 Å². The van der Waals surface area contributed by atoms with Crippen molar-refractivity contribution in [3.05, 3.63) is 130 Å². The number of hydrogen-bond donors (Lipinski definition) is 4. The molecule has 7 aliphatic rings. The number of rotatable bonds is 12. The minimum atomic E-state index is -0.856. The zero-order valence-corrected chi connectivity index (χ0v) is 33.8. The Labute approximate surface area is 342 Å². The van der Waals surface area contributed by atoms with Crippen molar-refractivity contribution in [2.24, 2.45) is 40.9 Å². The van der Waals surface area contributed by atoms with Gasteiger partial charge in [-0.3, -0.25) is 0 Å². The number of carbonyl (C=O) groups excluding carboxylic acids is 2. The molecule has 8 heteroatoms. The second-order valence-corrected chi connectivity index (χ2v) is 17.4. The molecule has 10 rings (SSSR count). The van der Waals surface area contributed by atoms with Gasteiger partial charge in [-0.1, -0.05) is 61.5 Å². The lowest BCUT2D eigenvalue weighted by atomic mass is 9.44. The molecule has 6 atom stereocenters. The zero-order valence-electron chi connectivity index (χ0n) is 33.8. The lowest BCUT2D eigenvalue weighted by Crippen LogP contribution is -2.52. The summed E-state index contributed by atoms with van der Waals surface area (Å²) < 4.78 is 12.8. The quantitative estimate of drug-likeness (QED) is 0.136. The minimum absolute atomic E-state index is 0.0188. The molecule has 0 aromatic heterocycles. The highest BCUT2D eigenvalue weighted by Crippen LogP contribution is 2.72. The Hall–Kier alpha value is -4.76. The van der Waals surface area contributed by atoms with Crippen LogP contribution < -0.4 is 10.6 Å². The van der Waals surface area contributed by atoms with E-state index in [9.17, 15) is 19.8 Å². The number of fused-ring (bicyclic) bond motifs is 1. The maximum absolute atomic E-state index is 14.8. The number of carbonyl (C=O) groups is 2. The fraction of sp³-hybridized carbons (Fsp3) is 0.440. The Bertz CT molecular complexity index is 2210. The summed E-state index contributed by atoms with van der Waals surface area (Å²) in [5.41, 5.74) is 7.64. The van der Waals surface area contributed by atoms with Crippen LogP contribution in [0.4, 0.5) is 0 Å². The number of piperidine rings is 1. The van der Waals surface area contributed by atoms with Crippen LogP contribution in [0.1, 0.15) is 75.0 Å². The molecular weight excluding hydrogens is 725 g/mol. The number of benzene rings is 3. The Kier molecular flexibility index (Phi) is 10.8. The van der Waals surface area contributed by atoms with Gasteiger partial charge in [-0.05, 0) is 171 Å². The van der Waals surface area contributed by atoms with Gasteiger partial charge in [0.15, 0.2) is 0 Å². The van der Waals surface area contributed by atoms with Crippen molar-refractivity contribution in [1.82, 2.24) is 10.6 Å². The van der Waals surface area contributed by atoms with E-state index in [1.165, 1.54) is 5.56 Å². The molecule has 3 aromatic rings. The summed E-state index contributed by atoms with van der Waals surface area (Å²) in [5, 5.41) is 28.2. The van der Waals surface area contributed by atoms with Crippen LogP contribution in [-0.2, 0) is 32.0 Å². The maximum atomic E-state index is 14.8. The van der Waals surface area contributed by atoms with Crippen LogP contribution in [0, 0.1) is 40.9 Å². The molecular formula is C50H56N2O6. The van der Waals surface area contributed by atoms with Crippen LogP contribution in [0.25, 0.3) is 16.7 Å². The summed E-state index contributed by atoms with van der Waals surface area (Å²) in [4.78, 5) is 29.2. The Morgan fingerprint density at radius 3 is 2.50 bits per heavy atom. The number of esters is 2. The number of ether oxygens (including phenoxy) is 2. The number of phenolic OH excluding ortho intramolecular Hbond substituents is 1. The Morgan fingerprint density at radius 2 is 1.72 bits per heavy atom. The van der Waals surface area contributed by atoms with Gasteiger partial charge in [-0.15, -0.1) is 0 Å². The maximum Gasteiger partial charge on any atom is 0.340 e. The van der Waals surface area contributed by atoms with E-state index >= 15 is 0 Å². The smallest absolute Gasteiger partial charge is 0.340 e. The van der Waals surface area contributed by atoms with Gasteiger partial charge in [0, 0.05) is 30.2 Å². The molecule has 4 aliphatic carbocycles. The van der Waals surface area contributed by atoms with Crippen LogP contribution >= 0.6 is 0 Å². The van der Waals surface area contributed by atoms with E-state index in [-0.39, 0.29) is 53.9 Å². The number of nitrogens with one attached hydrogen (secondary N) is 2. The minimum Gasteiger partial charge on any atom is -0.508 e. The summed E-state index contributed by atoms with van der Waals surface area (Å²) in [6, 6.07) is 24.4. The summed E-state index contributed by atoms with van der Waals surface area (Å²) in [5.74, 6) is 1.21. The molecule has 0 amide bonds. The third-order valence-electron chi connectivity index (χ3n) is 14.4. The molecule has 8 nitrogen and oxygen atoms in total. The first kappa shape index (κ1) is 38.7. The van der Waals surface area contributed by atoms with Crippen molar-refractivity contribution in [2.75, 3.05) is 26.7 Å². The molecule has 3 heterocycles. The van der Waals surface area contributed by atoms with Gasteiger partial charge in [0.25, 0.3) is 0 Å². The van der Waals surface area contributed by atoms with Crippen LogP contribution in [0.5, 0.6) is 5.75 Å². The van der Waals surface area contributed by atoms with Crippen LogP contribution in [0.2, 0.25) is 0 Å². The first-order valence-corrected chi connectivity index (χ1v) is 21.6. The van der Waals surface area contributed by atoms with E-state index in [2.05, 4.69) is 78.2 Å². The van der Waals surface area contributed by atoms with Gasteiger partial charge in [-0.25, -0.2) is 9.59 Å². The van der Waals surface area contributed by atoms with Crippen molar-refractivity contribution in [1.29, 1.82) is 0 Å². The monoisotopic (exact) mass is 780 g/mol. The van der Waals surface area contributed by atoms with Gasteiger partial charge in [-0.2, -0.15) is 0 Å². The fourth-order valence-corrected chi connectivity index (χ4v) is 11.7. The zero-order chi connectivity index (χ0) is 40.0. The number of aliphatic hydroxyl groups is 1. The van der Waals surface area contributed by atoms with E-state index in [4.69, 9.17) is 9.47 Å². The molecule has 302 valence electrons. The summed E-state index contributed by atoms with van der Waals surface area (Å²) in [6.07, 6.45) is 11.7. The second-order valence-electron chi connectivity index (χ2n) is 17.4. The van der Waals surface area contributed by atoms with E-state index in [1.807, 2.05) is 25.2 Å². The molecule has 1 spiro atoms. The summed E-state index contributed by atoms with van der Waals surface area (Å²) >= 11 is 0. The van der Waals surface area contributed by atoms with Gasteiger partial charge < -0.3 is 30.3 Å². The standard InChI is InChI=1S/C50H56N2O6/c1-3-30(24-31-8-5-4-6-9-31)26-43-50-21-18-38(39-15-16-40-42(57-48(55)45(40)46(39)50)17-12-35(29-53)33-19-22-52-23-20-33)44(47(50)49(56)58-43)41-27-36(54)13-14-37(41)34-11-7-10-32(25-34)28-51-2/h4-11,13-14,17,25-27,30,33,35,38-39,46,51-54H,3,12,15-16,18-24,28-29H2,1-2H3/t30-,35+,38+,39+,46+,50+/m0/s1. The SMILES string of the molecule is CC[C@H](C=C1OC(=O)C2=C(c3cc(O)ccc3-c3cccc(CNC)c3)[C@@H]3CC[C@]12[C@H]1C2=C(CC[C@H]31)C(=CC[C@H](CO)C1CCNCC1)OC2=O)Cc1ccccc1. The van der Waals surface area contributed by atoms with Crippen molar-refractivity contribution >= 4 is 17.5 Å². The molecule has 1 saturated carbocycles. The average molecular weight is 781 g/mol. The van der Waals surface area contributed by atoms with Gasteiger partial charge >= 0.3 is 11.9 Å². The molecule has 0 radical (unpaired) electrons. The van der Waals surface area contributed by atoms with Crippen molar-refractivity contribution in [3.63, 3.8) is 0 Å². The molecule has 58 heavy (non-hydrogen) atoms. The highest BCUT2D eigenvalue weighted by Gasteiger charge is 2.68. The molecule has 3 aromatic carbocycles. The number of allylic oxidation sites excluding steroid dienone is 5. The highest BCUT2D eigenvalue weighted by molar-refractivity contribution is 6.07. The Balaban J connectivity index is 1.21. The van der Waals surface area contributed by atoms with Crippen molar-refractivity contribution in [2.45, 2.75) is 71.3 Å². The first-order valence-electron chi connectivity index (χ1n) is 21.6. The van der Waals surface area contributed by atoms with Crippen LogP contribution in [0.15, 0.2) is 113 Å². The fourth-order valence-electron chi connectivity index (χ4n) is 11.7. The molecule has 3 fully saturated rings. The van der Waals surface area contributed by atoms with Crippen LogP contribution in [-0.4, -0.2) is 48.9 Å². The second kappa shape index (κ2) is 16.1. The van der Waals surface area contributed by atoms with Crippen molar-refractivity contribution < 1.29 is 29.3 Å². The topological polar surface area (TPSA) is 117 Å². The lowest BCUT2D eigenvalue weighted by Gasteiger charge is -2.56. The molecule has 4 N–H and O–H groups in total. The van der Waals surface area contributed by atoms with E-state index in [1.54, 1.807) is 6.07 Å². The predicted octanol–water partition coefficient (Wildman–Crippen LogP) is 8.41. The Morgan fingerprint density at radius 1 is 0.914 bits per heavy atom. The van der Waals surface area contributed by atoms with E-state index < -0.39 is 5.41 Å². The molecule has 3 aliphatic heterocycles. The highest BCUT2D eigenvalue weighted by atomic mass is 16.5. The number of aromatic hydroxyl groups is 1. The molecule has 2 saturated heterocycles. The normalized spacial score (nSPS) is 27.7. The molecule has 2 bridgehead atoms.